The third-order valence-electron chi connectivity index (χ3n) is 8.11. The first-order chi connectivity index (χ1) is 14.3. The Morgan fingerprint density at radius 1 is 1.27 bits per heavy atom. The largest absolute Gasteiger partial charge is 0.392 e. The standard InChI is InChI=1S/C22H26FN3O3S/c1-30(28,29)26-14-5-13-6-15(26)10-22(8-13,9-14)20(27)7-18-21-16(3-2-4-17(21)23)19-11-24-12-25(18)19/h2-4,11-15,18,20,27H,5-10H2,1H3. The van der Waals surface area contributed by atoms with Crippen LogP contribution in [0.4, 0.5) is 4.39 Å². The highest BCUT2D eigenvalue weighted by Crippen LogP contribution is 2.59. The molecule has 4 fully saturated rings. The maximum absolute atomic E-state index is 14.8. The van der Waals surface area contributed by atoms with E-state index in [0.717, 1.165) is 30.5 Å². The Hall–Kier alpha value is -1.77. The molecule has 2 saturated carbocycles. The third kappa shape index (κ3) is 2.53. The fraction of sp³-hybridized carbons (Fsp3) is 0.591. The summed E-state index contributed by atoms with van der Waals surface area (Å²) in [6.45, 7) is 0. The van der Waals surface area contributed by atoms with Gasteiger partial charge in [0.25, 0.3) is 0 Å². The molecule has 0 spiro atoms. The van der Waals surface area contributed by atoms with E-state index in [1.54, 1.807) is 22.9 Å². The fourth-order valence-electron chi connectivity index (χ4n) is 7.29. The monoisotopic (exact) mass is 431 g/mol. The minimum absolute atomic E-state index is 0.0164. The Morgan fingerprint density at radius 3 is 2.70 bits per heavy atom. The summed E-state index contributed by atoms with van der Waals surface area (Å²) in [7, 11) is -3.25. The van der Waals surface area contributed by atoms with Gasteiger partial charge in [-0.05, 0) is 55.9 Å². The van der Waals surface area contributed by atoms with Crippen molar-refractivity contribution in [2.24, 2.45) is 11.3 Å². The van der Waals surface area contributed by atoms with Crippen LogP contribution < -0.4 is 0 Å². The SMILES string of the molecule is CS(=O)(=O)N1C2CC3CC1CC(C(O)CC1c4c(F)cccc4-c4cncn41)(C3)C2. The molecule has 0 amide bonds. The quantitative estimate of drug-likeness (QED) is 0.808. The highest BCUT2D eigenvalue weighted by atomic mass is 32.2. The molecule has 3 aliphatic heterocycles. The maximum Gasteiger partial charge on any atom is 0.211 e. The van der Waals surface area contributed by atoms with Crippen molar-refractivity contribution < 1.29 is 17.9 Å². The van der Waals surface area contributed by atoms with Crippen LogP contribution in [0.25, 0.3) is 11.3 Å². The van der Waals surface area contributed by atoms with E-state index in [9.17, 15) is 17.9 Å². The number of halogens is 1. The number of hydrogen-bond acceptors (Lipinski definition) is 4. The normalized spacial score (nSPS) is 35.4. The van der Waals surface area contributed by atoms with Crippen molar-refractivity contribution >= 4 is 10.0 Å². The fourth-order valence-corrected chi connectivity index (χ4v) is 8.70. The van der Waals surface area contributed by atoms with Crippen LogP contribution in [0.2, 0.25) is 0 Å². The number of benzene rings is 1. The van der Waals surface area contributed by atoms with Crippen LogP contribution in [0, 0.1) is 17.2 Å². The average Bonchev–Trinajstić information content (AvgIpc) is 3.23. The van der Waals surface area contributed by atoms with E-state index in [4.69, 9.17) is 0 Å². The number of hydrogen-bond donors (Lipinski definition) is 1. The van der Waals surface area contributed by atoms with Gasteiger partial charge in [-0.15, -0.1) is 0 Å². The molecule has 8 heteroatoms. The first-order valence-electron chi connectivity index (χ1n) is 10.7. The molecular weight excluding hydrogens is 405 g/mol. The summed E-state index contributed by atoms with van der Waals surface area (Å²) >= 11 is 0. The summed E-state index contributed by atoms with van der Waals surface area (Å²) < 4.78 is 43.2. The van der Waals surface area contributed by atoms with Crippen molar-refractivity contribution in [3.05, 3.63) is 42.1 Å². The van der Waals surface area contributed by atoms with Crippen LogP contribution in [0.5, 0.6) is 0 Å². The molecule has 2 aromatic rings. The van der Waals surface area contributed by atoms with Crippen molar-refractivity contribution in [3.63, 3.8) is 0 Å². The van der Waals surface area contributed by atoms with Gasteiger partial charge in [0.1, 0.15) is 5.82 Å². The van der Waals surface area contributed by atoms with E-state index in [-0.39, 0.29) is 29.4 Å². The molecule has 5 aliphatic rings. The minimum atomic E-state index is -3.25. The van der Waals surface area contributed by atoms with Gasteiger partial charge in [0.2, 0.25) is 10.0 Å². The summed E-state index contributed by atoms with van der Waals surface area (Å²) in [5.74, 6) is 0.216. The van der Waals surface area contributed by atoms with Gasteiger partial charge in [0.15, 0.2) is 0 Å². The van der Waals surface area contributed by atoms with Crippen LogP contribution in [0.3, 0.4) is 0 Å². The predicted molar refractivity (Wildman–Crippen MR) is 110 cm³/mol. The van der Waals surface area contributed by atoms with Crippen molar-refractivity contribution in [1.82, 2.24) is 13.9 Å². The molecule has 6 nitrogen and oxygen atoms in total. The number of piperidine rings is 2. The molecule has 2 aliphatic carbocycles. The summed E-state index contributed by atoms with van der Waals surface area (Å²) in [4.78, 5) is 4.24. The molecule has 1 N–H and O–H groups in total. The maximum atomic E-state index is 14.8. The van der Waals surface area contributed by atoms with E-state index >= 15 is 0 Å². The lowest BCUT2D eigenvalue weighted by Crippen LogP contribution is -2.65. The molecule has 4 atom stereocenters. The van der Waals surface area contributed by atoms with Crippen molar-refractivity contribution in [1.29, 1.82) is 0 Å². The zero-order valence-electron chi connectivity index (χ0n) is 16.9. The number of rotatable bonds is 4. The molecule has 2 saturated heterocycles. The molecule has 30 heavy (non-hydrogen) atoms. The molecule has 4 unspecified atom stereocenters. The number of imidazole rings is 1. The minimum Gasteiger partial charge on any atom is -0.392 e. The molecule has 4 bridgehead atoms. The highest BCUT2D eigenvalue weighted by Gasteiger charge is 2.59. The zero-order valence-corrected chi connectivity index (χ0v) is 17.7. The zero-order chi connectivity index (χ0) is 20.8. The first kappa shape index (κ1) is 19.0. The number of sulfonamides is 1. The molecule has 0 radical (unpaired) electrons. The Balaban J connectivity index is 1.33. The Labute approximate surface area is 175 Å². The number of fused-ring (bicyclic) bond motifs is 3. The van der Waals surface area contributed by atoms with Crippen LogP contribution in [0.15, 0.2) is 30.7 Å². The van der Waals surface area contributed by atoms with E-state index < -0.39 is 16.1 Å². The highest BCUT2D eigenvalue weighted by molar-refractivity contribution is 7.88. The lowest BCUT2D eigenvalue weighted by atomic mass is 9.53. The summed E-state index contributed by atoms with van der Waals surface area (Å²) in [6.07, 6.45) is 8.69. The van der Waals surface area contributed by atoms with Gasteiger partial charge in [0.05, 0.1) is 36.6 Å². The van der Waals surface area contributed by atoms with Crippen molar-refractivity contribution in [2.75, 3.05) is 6.26 Å². The van der Waals surface area contributed by atoms with Gasteiger partial charge in [-0.25, -0.2) is 17.8 Å². The second kappa shape index (κ2) is 6.14. The summed E-state index contributed by atoms with van der Waals surface area (Å²) in [5, 5.41) is 11.5. The molecule has 7 rings (SSSR count). The Morgan fingerprint density at radius 2 is 2.00 bits per heavy atom. The Bertz CT molecular complexity index is 1110. The van der Waals surface area contributed by atoms with E-state index in [1.807, 2.05) is 10.6 Å². The van der Waals surface area contributed by atoms with Gasteiger partial charge in [-0.2, -0.15) is 4.31 Å². The number of nitrogens with zero attached hydrogens (tertiary/aromatic N) is 3. The molecule has 1 aromatic carbocycles. The van der Waals surface area contributed by atoms with Crippen LogP contribution in [0.1, 0.15) is 50.1 Å². The summed E-state index contributed by atoms with van der Waals surface area (Å²) in [6, 6.07) is 4.78. The van der Waals surface area contributed by atoms with Crippen molar-refractivity contribution in [2.45, 2.75) is 62.8 Å². The lowest BCUT2D eigenvalue weighted by Gasteiger charge is -2.62. The second-order valence-electron chi connectivity index (χ2n) is 9.87. The molecular formula is C22H26FN3O3S. The van der Waals surface area contributed by atoms with Gasteiger partial charge < -0.3 is 9.67 Å². The summed E-state index contributed by atoms with van der Waals surface area (Å²) in [5.41, 5.74) is 2.08. The molecule has 4 heterocycles. The molecule has 1 aromatic heterocycles. The van der Waals surface area contributed by atoms with Gasteiger partial charge >= 0.3 is 0 Å². The number of aliphatic hydroxyl groups is 1. The van der Waals surface area contributed by atoms with Gasteiger partial charge in [-0.1, -0.05) is 12.1 Å². The average molecular weight is 432 g/mol. The van der Waals surface area contributed by atoms with Crippen LogP contribution in [-0.2, 0) is 10.0 Å². The van der Waals surface area contributed by atoms with Crippen molar-refractivity contribution in [3.8, 4) is 11.3 Å². The predicted octanol–water partition coefficient (Wildman–Crippen LogP) is 2.94. The van der Waals surface area contributed by atoms with E-state index in [2.05, 4.69) is 4.98 Å². The smallest absolute Gasteiger partial charge is 0.211 e. The van der Waals surface area contributed by atoms with E-state index in [1.165, 1.54) is 12.3 Å². The topological polar surface area (TPSA) is 75.4 Å². The Kier molecular flexibility index (Phi) is 3.88. The van der Waals surface area contributed by atoms with Gasteiger partial charge in [-0.3, -0.25) is 0 Å². The van der Waals surface area contributed by atoms with E-state index in [0.29, 0.717) is 30.7 Å². The molecule has 160 valence electrons. The number of aliphatic hydroxyl groups excluding tert-OH is 1. The van der Waals surface area contributed by atoms with Crippen LogP contribution >= 0.6 is 0 Å². The van der Waals surface area contributed by atoms with Crippen LogP contribution in [-0.4, -0.2) is 51.8 Å². The first-order valence-corrected chi connectivity index (χ1v) is 12.6. The number of aromatic nitrogens is 2. The third-order valence-corrected chi connectivity index (χ3v) is 9.47. The lowest BCUT2D eigenvalue weighted by molar-refractivity contribution is -0.131. The second-order valence-corrected chi connectivity index (χ2v) is 11.8. The van der Waals surface area contributed by atoms with Gasteiger partial charge in [0, 0.05) is 23.2 Å².